The minimum absolute atomic E-state index is 0.477. The molecular formula is C15H21N5O. The fourth-order valence-corrected chi connectivity index (χ4v) is 1.88. The summed E-state index contributed by atoms with van der Waals surface area (Å²) in [5, 5.41) is 11.4. The largest absolute Gasteiger partial charge is 0.480 e. The highest BCUT2D eigenvalue weighted by Gasteiger charge is 2.08. The van der Waals surface area contributed by atoms with Crippen LogP contribution in [0.5, 0.6) is 5.88 Å². The summed E-state index contributed by atoms with van der Waals surface area (Å²) >= 11 is 0. The average Bonchev–Trinajstić information content (AvgIpc) is 2.46. The third-order valence-electron chi connectivity index (χ3n) is 2.84. The van der Waals surface area contributed by atoms with Crippen molar-refractivity contribution in [2.45, 2.75) is 27.3 Å². The number of rotatable bonds is 6. The molecule has 0 saturated carbocycles. The van der Waals surface area contributed by atoms with Crippen LogP contribution in [0.3, 0.4) is 0 Å². The maximum absolute atomic E-state index is 5.00. The van der Waals surface area contributed by atoms with Gasteiger partial charge in [0.2, 0.25) is 5.88 Å². The van der Waals surface area contributed by atoms with Crippen LogP contribution in [0.15, 0.2) is 18.2 Å². The number of ether oxygens (including phenoxy) is 1. The Morgan fingerprint density at radius 1 is 1.19 bits per heavy atom. The van der Waals surface area contributed by atoms with Crippen LogP contribution in [0.1, 0.15) is 25.2 Å². The van der Waals surface area contributed by atoms with Crippen LogP contribution >= 0.6 is 0 Å². The Labute approximate surface area is 125 Å². The van der Waals surface area contributed by atoms with Crippen LogP contribution in [-0.4, -0.2) is 33.8 Å². The van der Waals surface area contributed by atoms with E-state index >= 15 is 0 Å². The fraction of sp³-hybridized carbons (Fsp3) is 0.467. The van der Waals surface area contributed by atoms with E-state index in [1.54, 1.807) is 13.2 Å². The molecule has 0 fully saturated rings. The van der Waals surface area contributed by atoms with Crippen LogP contribution in [0.4, 0.5) is 0 Å². The van der Waals surface area contributed by atoms with Crippen LogP contribution in [0.2, 0.25) is 0 Å². The first kappa shape index (κ1) is 15.3. The number of nitrogens with zero attached hydrogens (tertiary/aromatic N) is 4. The van der Waals surface area contributed by atoms with Gasteiger partial charge in [-0.15, -0.1) is 10.2 Å². The molecule has 2 heterocycles. The number of nitrogens with one attached hydrogen (secondary N) is 1. The Hall–Kier alpha value is -2.08. The van der Waals surface area contributed by atoms with Gasteiger partial charge >= 0.3 is 0 Å². The molecule has 0 saturated heterocycles. The van der Waals surface area contributed by atoms with Crippen LogP contribution in [0.25, 0.3) is 11.5 Å². The zero-order valence-electron chi connectivity index (χ0n) is 12.9. The molecule has 2 aromatic heterocycles. The SMILES string of the molecule is COc1ccc(-c2nc(C)cc(CNCC(C)C)n2)nn1. The van der Waals surface area contributed by atoms with E-state index in [1.165, 1.54) is 0 Å². The number of hydrogen-bond donors (Lipinski definition) is 1. The van der Waals surface area contributed by atoms with Gasteiger partial charge in [0.25, 0.3) is 0 Å². The molecule has 0 aliphatic carbocycles. The standard InChI is InChI=1S/C15H21N5O/c1-10(2)8-16-9-12-7-11(3)17-15(18-12)13-5-6-14(21-4)20-19-13/h5-7,10,16H,8-9H2,1-4H3. The van der Waals surface area contributed by atoms with Gasteiger partial charge in [-0.1, -0.05) is 13.8 Å². The summed E-state index contributed by atoms with van der Waals surface area (Å²) in [5.74, 6) is 1.68. The van der Waals surface area contributed by atoms with Crippen molar-refractivity contribution in [3.63, 3.8) is 0 Å². The van der Waals surface area contributed by atoms with Gasteiger partial charge in [0.15, 0.2) is 5.82 Å². The van der Waals surface area contributed by atoms with E-state index in [-0.39, 0.29) is 0 Å². The second kappa shape index (κ2) is 7.08. The quantitative estimate of drug-likeness (QED) is 0.876. The van der Waals surface area contributed by atoms with E-state index in [2.05, 4.69) is 39.3 Å². The summed E-state index contributed by atoms with van der Waals surface area (Å²) in [6.07, 6.45) is 0. The van der Waals surface area contributed by atoms with Crippen molar-refractivity contribution in [1.29, 1.82) is 0 Å². The Kier molecular flexibility index (Phi) is 5.16. The van der Waals surface area contributed by atoms with Gasteiger partial charge in [-0.25, -0.2) is 9.97 Å². The Morgan fingerprint density at radius 3 is 2.62 bits per heavy atom. The molecule has 0 amide bonds. The van der Waals surface area contributed by atoms with E-state index < -0.39 is 0 Å². The molecule has 21 heavy (non-hydrogen) atoms. The third-order valence-corrected chi connectivity index (χ3v) is 2.84. The Bertz CT molecular complexity index is 583. The molecule has 6 nitrogen and oxygen atoms in total. The monoisotopic (exact) mass is 287 g/mol. The second-order valence-electron chi connectivity index (χ2n) is 5.31. The van der Waals surface area contributed by atoms with Gasteiger partial charge < -0.3 is 10.1 Å². The third kappa shape index (κ3) is 4.46. The lowest BCUT2D eigenvalue weighted by Crippen LogP contribution is -2.20. The number of hydrogen-bond acceptors (Lipinski definition) is 6. The predicted molar refractivity (Wildman–Crippen MR) is 80.9 cm³/mol. The zero-order valence-corrected chi connectivity index (χ0v) is 12.9. The maximum atomic E-state index is 5.00. The first-order valence-electron chi connectivity index (χ1n) is 7.02. The molecule has 2 rings (SSSR count). The molecule has 2 aromatic rings. The van der Waals surface area contributed by atoms with Crippen LogP contribution in [-0.2, 0) is 6.54 Å². The Balaban J connectivity index is 2.17. The average molecular weight is 287 g/mol. The summed E-state index contributed by atoms with van der Waals surface area (Å²) < 4.78 is 5.00. The van der Waals surface area contributed by atoms with Crippen molar-refractivity contribution in [3.8, 4) is 17.4 Å². The van der Waals surface area contributed by atoms with E-state index in [0.717, 1.165) is 24.5 Å². The first-order chi connectivity index (χ1) is 10.1. The van der Waals surface area contributed by atoms with E-state index in [0.29, 0.717) is 23.3 Å². The molecule has 1 N–H and O–H groups in total. The van der Waals surface area contributed by atoms with E-state index in [9.17, 15) is 0 Å². The van der Waals surface area contributed by atoms with Crippen LogP contribution in [0, 0.1) is 12.8 Å². The first-order valence-corrected chi connectivity index (χ1v) is 7.02. The van der Waals surface area contributed by atoms with Gasteiger partial charge in [-0.2, -0.15) is 0 Å². The van der Waals surface area contributed by atoms with Gasteiger partial charge in [0.05, 0.1) is 12.8 Å². The molecule has 6 heteroatoms. The van der Waals surface area contributed by atoms with Crippen molar-refractivity contribution < 1.29 is 4.74 Å². The molecule has 0 unspecified atom stereocenters. The minimum atomic E-state index is 0.477. The molecule has 0 aliphatic heterocycles. The number of aromatic nitrogens is 4. The molecule has 0 aliphatic rings. The van der Waals surface area contributed by atoms with Crippen molar-refractivity contribution in [3.05, 3.63) is 29.6 Å². The van der Waals surface area contributed by atoms with Crippen LogP contribution < -0.4 is 10.1 Å². The number of aryl methyl sites for hydroxylation is 1. The molecule has 0 aromatic carbocycles. The summed E-state index contributed by atoms with van der Waals surface area (Å²) in [6, 6.07) is 5.55. The highest BCUT2D eigenvalue weighted by atomic mass is 16.5. The molecule has 0 spiro atoms. The minimum Gasteiger partial charge on any atom is -0.480 e. The lowest BCUT2D eigenvalue weighted by Gasteiger charge is -2.08. The van der Waals surface area contributed by atoms with E-state index in [1.807, 2.05) is 19.1 Å². The van der Waals surface area contributed by atoms with Crippen molar-refractivity contribution in [2.75, 3.05) is 13.7 Å². The summed E-state index contributed by atoms with van der Waals surface area (Å²) in [4.78, 5) is 8.96. The van der Waals surface area contributed by atoms with Crippen molar-refractivity contribution >= 4 is 0 Å². The Morgan fingerprint density at radius 2 is 2.00 bits per heavy atom. The van der Waals surface area contributed by atoms with E-state index in [4.69, 9.17) is 4.74 Å². The molecular weight excluding hydrogens is 266 g/mol. The van der Waals surface area contributed by atoms with Crippen molar-refractivity contribution in [1.82, 2.24) is 25.5 Å². The van der Waals surface area contributed by atoms with Gasteiger partial charge in [0, 0.05) is 18.3 Å². The summed E-state index contributed by atoms with van der Waals surface area (Å²) in [6.45, 7) is 7.99. The maximum Gasteiger partial charge on any atom is 0.233 e. The molecule has 0 atom stereocenters. The normalized spacial score (nSPS) is 10.9. The van der Waals surface area contributed by atoms with Crippen molar-refractivity contribution in [2.24, 2.45) is 5.92 Å². The highest BCUT2D eigenvalue weighted by molar-refractivity contribution is 5.48. The number of methoxy groups -OCH3 is 1. The second-order valence-corrected chi connectivity index (χ2v) is 5.31. The zero-order chi connectivity index (χ0) is 15.2. The lowest BCUT2D eigenvalue weighted by molar-refractivity contribution is 0.392. The van der Waals surface area contributed by atoms with Gasteiger partial charge in [-0.3, -0.25) is 0 Å². The fourth-order valence-electron chi connectivity index (χ4n) is 1.88. The molecule has 0 radical (unpaired) electrons. The van der Waals surface area contributed by atoms with Gasteiger partial charge in [-0.05, 0) is 31.5 Å². The highest BCUT2D eigenvalue weighted by Crippen LogP contribution is 2.14. The topological polar surface area (TPSA) is 72.8 Å². The molecule has 0 bridgehead atoms. The lowest BCUT2D eigenvalue weighted by atomic mass is 10.2. The van der Waals surface area contributed by atoms with Gasteiger partial charge in [0.1, 0.15) is 5.69 Å². The predicted octanol–water partition coefficient (Wildman–Crippen LogP) is 2.00. The smallest absolute Gasteiger partial charge is 0.233 e. The molecule has 112 valence electrons. The summed E-state index contributed by atoms with van der Waals surface area (Å²) in [7, 11) is 1.56. The summed E-state index contributed by atoms with van der Waals surface area (Å²) in [5.41, 5.74) is 2.51.